The Balaban J connectivity index is 2.31. The molecule has 0 aliphatic carbocycles. The number of rotatable bonds is 3. The van der Waals surface area contributed by atoms with Gasteiger partial charge in [0.05, 0.1) is 18.4 Å². The molecule has 2 aromatic rings. The summed E-state index contributed by atoms with van der Waals surface area (Å²) in [5, 5.41) is 4.56. The predicted molar refractivity (Wildman–Crippen MR) is 77.6 cm³/mol. The molecule has 104 valence electrons. The van der Waals surface area contributed by atoms with Crippen molar-refractivity contribution in [3.05, 3.63) is 44.9 Å². The van der Waals surface area contributed by atoms with Gasteiger partial charge in [0, 0.05) is 6.20 Å². The second kappa shape index (κ2) is 6.02. The van der Waals surface area contributed by atoms with Gasteiger partial charge in [-0.25, -0.2) is 9.78 Å². The molecule has 20 heavy (non-hydrogen) atoms. The van der Waals surface area contributed by atoms with Gasteiger partial charge in [-0.3, -0.25) is 4.79 Å². The summed E-state index contributed by atoms with van der Waals surface area (Å²) in [6, 6.07) is 3.17. The molecule has 0 saturated heterocycles. The average molecular weight is 311 g/mol. The van der Waals surface area contributed by atoms with E-state index in [1.807, 2.05) is 0 Å². The highest BCUT2D eigenvalue weighted by molar-refractivity contribution is 7.12. The lowest BCUT2D eigenvalue weighted by Gasteiger charge is -2.08. The number of hydrogen-bond donors (Lipinski definition) is 1. The Kier molecular flexibility index (Phi) is 4.36. The van der Waals surface area contributed by atoms with Crippen LogP contribution in [-0.2, 0) is 4.74 Å². The summed E-state index contributed by atoms with van der Waals surface area (Å²) in [6.07, 6.45) is 1.49. The van der Waals surface area contributed by atoms with Gasteiger partial charge in [0.1, 0.15) is 10.0 Å². The van der Waals surface area contributed by atoms with Gasteiger partial charge in [0.25, 0.3) is 5.91 Å². The zero-order valence-electron chi connectivity index (χ0n) is 10.8. The predicted octanol–water partition coefficient (Wildman–Crippen LogP) is 3.14. The smallest absolute Gasteiger partial charge is 0.350 e. The second-order valence-corrected chi connectivity index (χ2v) is 5.15. The van der Waals surface area contributed by atoms with Crippen molar-refractivity contribution < 1.29 is 14.3 Å². The third-order valence-electron chi connectivity index (χ3n) is 2.59. The molecular weight excluding hydrogens is 300 g/mol. The quantitative estimate of drug-likeness (QED) is 0.698. The van der Waals surface area contributed by atoms with E-state index in [-0.39, 0.29) is 10.7 Å². The molecular formula is C13H11ClN2O3S. The molecule has 0 fully saturated rings. The lowest BCUT2D eigenvalue weighted by Crippen LogP contribution is -2.15. The molecule has 0 aliphatic heterocycles. The Labute approximate surface area is 124 Å². The Hall–Kier alpha value is -1.92. The lowest BCUT2D eigenvalue weighted by molar-refractivity contribution is 0.0607. The molecule has 0 unspecified atom stereocenters. The van der Waals surface area contributed by atoms with E-state index in [2.05, 4.69) is 15.0 Å². The summed E-state index contributed by atoms with van der Waals surface area (Å²) in [7, 11) is 1.29. The maximum atomic E-state index is 12.2. The maximum Gasteiger partial charge on any atom is 0.350 e. The maximum absolute atomic E-state index is 12.2. The summed E-state index contributed by atoms with van der Waals surface area (Å²) < 4.78 is 4.68. The monoisotopic (exact) mass is 310 g/mol. The molecule has 1 amide bonds. The minimum Gasteiger partial charge on any atom is -0.465 e. The Morgan fingerprint density at radius 1 is 1.45 bits per heavy atom. The highest BCUT2D eigenvalue weighted by atomic mass is 35.5. The van der Waals surface area contributed by atoms with E-state index in [0.717, 1.165) is 5.56 Å². The second-order valence-electron chi connectivity index (χ2n) is 3.91. The van der Waals surface area contributed by atoms with Crippen molar-refractivity contribution in [2.75, 3.05) is 12.4 Å². The number of ether oxygens (including phenoxy) is 1. The summed E-state index contributed by atoms with van der Waals surface area (Å²) in [5.74, 6) is -0.912. The van der Waals surface area contributed by atoms with Gasteiger partial charge in [-0.05, 0) is 30.0 Å². The normalized spacial score (nSPS) is 10.2. The molecule has 0 bridgehead atoms. The fourth-order valence-electron chi connectivity index (χ4n) is 1.58. The molecule has 5 nitrogen and oxygen atoms in total. The van der Waals surface area contributed by atoms with Crippen molar-refractivity contribution in [3.8, 4) is 0 Å². The van der Waals surface area contributed by atoms with Crippen LogP contribution in [0.4, 0.5) is 5.69 Å². The van der Waals surface area contributed by atoms with E-state index in [9.17, 15) is 9.59 Å². The van der Waals surface area contributed by atoms with Crippen molar-refractivity contribution in [2.45, 2.75) is 6.92 Å². The molecule has 0 aromatic carbocycles. The van der Waals surface area contributed by atoms with E-state index in [1.165, 1.54) is 24.6 Å². The van der Waals surface area contributed by atoms with Gasteiger partial charge in [-0.2, -0.15) is 0 Å². The molecule has 0 spiro atoms. The van der Waals surface area contributed by atoms with Gasteiger partial charge >= 0.3 is 5.97 Å². The van der Waals surface area contributed by atoms with Crippen molar-refractivity contribution >= 4 is 40.5 Å². The summed E-state index contributed by atoms with van der Waals surface area (Å²) in [5.41, 5.74) is 1.46. The highest BCUT2D eigenvalue weighted by Gasteiger charge is 2.20. The highest BCUT2D eigenvalue weighted by Crippen LogP contribution is 2.29. The first-order valence-electron chi connectivity index (χ1n) is 5.63. The van der Waals surface area contributed by atoms with Crippen molar-refractivity contribution in [2.24, 2.45) is 0 Å². The Morgan fingerprint density at radius 2 is 2.20 bits per heavy atom. The van der Waals surface area contributed by atoms with Crippen LogP contribution in [0.5, 0.6) is 0 Å². The zero-order chi connectivity index (χ0) is 14.7. The number of aryl methyl sites for hydroxylation is 1. The average Bonchev–Trinajstić information content (AvgIpc) is 2.80. The van der Waals surface area contributed by atoms with Crippen LogP contribution in [0, 0.1) is 6.92 Å². The minimum absolute atomic E-state index is 0.109. The van der Waals surface area contributed by atoms with Crippen LogP contribution in [0.25, 0.3) is 0 Å². The number of hydrogen-bond acceptors (Lipinski definition) is 5. The van der Waals surface area contributed by atoms with E-state index >= 15 is 0 Å². The van der Waals surface area contributed by atoms with Gasteiger partial charge in [0.15, 0.2) is 0 Å². The third-order valence-corrected chi connectivity index (χ3v) is 3.97. The van der Waals surface area contributed by atoms with Gasteiger partial charge in [-0.15, -0.1) is 11.3 Å². The topological polar surface area (TPSA) is 68.3 Å². The SMILES string of the molecule is COC(=O)c1scc(C)c1NC(=O)c1cccnc1Cl. The van der Waals surface area contributed by atoms with Crippen LogP contribution in [0.1, 0.15) is 25.6 Å². The number of carbonyl (C=O) groups excluding carboxylic acids is 2. The number of pyridine rings is 1. The lowest BCUT2D eigenvalue weighted by atomic mass is 10.2. The van der Waals surface area contributed by atoms with Crippen LogP contribution in [0.2, 0.25) is 5.15 Å². The molecule has 0 saturated carbocycles. The fourth-order valence-corrected chi connectivity index (χ4v) is 2.71. The van der Waals surface area contributed by atoms with Gasteiger partial charge < -0.3 is 10.1 Å². The summed E-state index contributed by atoms with van der Waals surface area (Å²) in [6.45, 7) is 1.80. The molecule has 7 heteroatoms. The Morgan fingerprint density at radius 3 is 2.85 bits per heavy atom. The first kappa shape index (κ1) is 14.5. The molecule has 0 aliphatic rings. The van der Waals surface area contributed by atoms with Crippen LogP contribution < -0.4 is 5.32 Å². The number of amides is 1. The number of nitrogens with one attached hydrogen (secondary N) is 1. The number of thiophene rings is 1. The van der Waals surface area contributed by atoms with E-state index in [4.69, 9.17) is 11.6 Å². The molecule has 0 atom stereocenters. The fraction of sp³-hybridized carbons (Fsp3) is 0.154. The van der Waals surface area contributed by atoms with Crippen molar-refractivity contribution in [3.63, 3.8) is 0 Å². The molecule has 2 aromatic heterocycles. The van der Waals surface area contributed by atoms with E-state index < -0.39 is 11.9 Å². The van der Waals surface area contributed by atoms with Crippen LogP contribution in [0.15, 0.2) is 23.7 Å². The van der Waals surface area contributed by atoms with Crippen LogP contribution in [0.3, 0.4) is 0 Å². The number of methoxy groups -OCH3 is 1. The van der Waals surface area contributed by atoms with Crippen LogP contribution >= 0.6 is 22.9 Å². The summed E-state index contributed by atoms with van der Waals surface area (Å²) >= 11 is 7.08. The van der Waals surface area contributed by atoms with Gasteiger partial charge in [0.2, 0.25) is 0 Å². The summed E-state index contributed by atoms with van der Waals surface area (Å²) in [4.78, 5) is 28.0. The Bertz CT molecular complexity index is 669. The number of esters is 1. The zero-order valence-corrected chi connectivity index (χ0v) is 12.3. The first-order chi connectivity index (χ1) is 9.54. The minimum atomic E-state index is -0.490. The van der Waals surface area contributed by atoms with Crippen molar-refractivity contribution in [1.82, 2.24) is 4.98 Å². The molecule has 1 N–H and O–H groups in total. The number of halogens is 1. The largest absolute Gasteiger partial charge is 0.465 e. The first-order valence-corrected chi connectivity index (χ1v) is 6.88. The molecule has 0 radical (unpaired) electrons. The molecule has 2 rings (SSSR count). The number of carbonyl (C=O) groups is 2. The molecule has 2 heterocycles. The van der Waals surface area contributed by atoms with E-state index in [1.54, 1.807) is 24.4 Å². The van der Waals surface area contributed by atoms with Gasteiger partial charge in [-0.1, -0.05) is 11.6 Å². The number of nitrogens with zero attached hydrogens (tertiary/aromatic N) is 1. The van der Waals surface area contributed by atoms with E-state index in [0.29, 0.717) is 10.6 Å². The number of aromatic nitrogens is 1. The van der Waals surface area contributed by atoms with Crippen molar-refractivity contribution in [1.29, 1.82) is 0 Å². The number of anilines is 1. The third kappa shape index (κ3) is 2.81. The standard InChI is InChI=1S/C13H11ClN2O3S/c1-7-6-20-10(13(18)19-2)9(7)16-12(17)8-4-3-5-15-11(8)14/h3-6H,1-2H3,(H,16,17). The van der Waals surface area contributed by atoms with Crippen LogP contribution in [-0.4, -0.2) is 24.0 Å².